The van der Waals surface area contributed by atoms with Crippen molar-refractivity contribution in [1.82, 2.24) is 25.0 Å². The maximum absolute atomic E-state index is 11.6. The first-order valence-electron chi connectivity index (χ1n) is 6.04. The number of aliphatic carboxylic acids is 1. The Labute approximate surface area is 111 Å². The Balaban J connectivity index is 2.17. The van der Waals surface area contributed by atoms with Crippen LogP contribution in [0.1, 0.15) is 18.7 Å². The average Bonchev–Trinajstić information content (AvgIpc) is 2.74. The molecule has 0 aliphatic heterocycles. The number of aryl methyl sites for hydroxylation is 1. The lowest BCUT2D eigenvalue weighted by Crippen LogP contribution is -2.38. The molecule has 8 nitrogen and oxygen atoms in total. The molecule has 0 aliphatic rings. The number of aromatic nitrogens is 3. The van der Waals surface area contributed by atoms with Crippen LogP contribution in [0.3, 0.4) is 0 Å². The third kappa shape index (κ3) is 5.84. The summed E-state index contributed by atoms with van der Waals surface area (Å²) in [6.45, 7) is 0.867. The second-order valence-corrected chi connectivity index (χ2v) is 4.24. The Bertz CT molecular complexity index is 432. The van der Waals surface area contributed by atoms with Gasteiger partial charge in [0.2, 0.25) is 0 Å². The number of hydrogen-bond donors (Lipinski definition) is 2. The van der Waals surface area contributed by atoms with Crippen molar-refractivity contribution in [3.05, 3.63) is 12.2 Å². The molecule has 1 rings (SSSR count). The predicted molar refractivity (Wildman–Crippen MR) is 67.6 cm³/mol. The van der Waals surface area contributed by atoms with Crippen molar-refractivity contribution >= 4 is 12.0 Å². The van der Waals surface area contributed by atoms with Crippen molar-refractivity contribution in [2.45, 2.75) is 19.3 Å². The van der Waals surface area contributed by atoms with E-state index in [2.05, 4.69) is 15.4 Å². The summed E-state index contributed by atoms with van der Waals surface area (Å²) in [4.78, 5) is 27.5. The Hall–Kier alpha value is -2.12. The number of carbonyl (C=O) groups is 2. The fourth-order valence-electron chi connectivity index (χ4n) is 1.48. The summed E-state index contributed by atoms with van der Waals surface area (Å²) in [6.07, 6.45) is 2.68. The van der Waals surface area contributed by atoms with E-state index in [9.17, 15) is 9.59 Å². The second-order valence-electron chi connectivity index (χ2n) is 4.24. The largest absolute Gasteiger partial charge is 0.481 e. The number of carbonyl (C=O) groups excluding carboxylic acids is 1. The molecule has 0 spiro atoms. The van der Waals surface area contributed by atoms with Crippen LogP contribution in [0.4, 0.5) is 4.79 Å². The number of amides is 2. The van der Waals surface area contributed by atoms with Crippen LogP contribution in [0.2, 0.25) is 0 Å². The number of nitrogens with one attached hydrogen (secondary N) is 1. The molecule has 2 N–H and O–H groups in total. The SMILES string of the molecule is CN(CCCC(=O)O)C(=O)NCCc1ncn(C)n1. The molecule has 1 aromatic heterocycles. The third-order valence-corrected chi connectivity index (χ3v) is 2.50. The lowest BCUT2D eigenvalue weighted by Gasteiger charge is -2.17. The van der Waals surface area contributed by atoms with Gasteiger partial charge in [-0.2, -0.15) is 5.10 Å². The Morgan fingerprint density at radius 1 is 1.53 bits per heavy atom. The Morgan fingerprint density at radius 3 is 2.84 bits per heavy atom. The lowest BCUT2D eigenvalue weighted by atomic mass is 10.3. The smallest absolute Gasteiger partial charge is 0.317 e. The summed E-state index contributed by atoms with van der Waals surface area (Å²) in [5.41, 5.74) is 0. The number of hydrogen-bond acceptors (Lipinski definition) is 4. The molecule has 0 atom stereocenters. The van der Waals surface area contributed by atoms with Gasteiger partial charge in [0.05, 0.1) is 0 Å². The number of rotatable bonds is 7. The lowest BCUT2D eigenvalue weighted by molar-refractivity contribution is -0.137. The van der Waals surface area contributed by atoms with E-state index < -0.39 is 5.97 Å². The molecule has 106 valence electrons. The summed E-state index contributed by atoms with van der Waals surface area (Å²) in [7, 11) is 3.42. The Kier molecular flexibility index (Phi) is 5.77. The maximum Gasteiger partial charge on any atom is 0.317 e. The van der Waals surface area contributed by atoms with E-state index in [1.807, 2.05) is 0 Å². The van der Waals surface area contributed by atoms with E-state index in [4.69, 9.17) is 5.11 Å². The minimum absolute atomic E-state index is 0.0650. The van der Waals surface area contributed by atoms with Crippen LogP contribution < -0.4 is 5.32 Å². The fraction of sp³-hybridized carbons (Fsp3) is 0.636. The molecule has 2 amide bonds. The van der Waals surface area contributed by atoms with Crippen molar-refractivity contribution in [3.8, 4) is 0 Å². The van der Waals surface area contributed by atoms with Crippen LogP contribution in [0.25, 0.3) is 0 Å². The highest BCUT2D eigenvalue weighted by molar-refractivity contribution is 5.73. The zero-order valence-electron chi connectivity index (χ0n) is 11.2. The van der Waals surface area contributed by atoms with Crippen LogP contribution in [0.15, 0.2) is 6.33 Å². The summed E-state index contributed by atoms with van der Waals surface area (Å²) < 4.78 is 1.61. The summed E-state index contributed by atoms with van der Waals surface area (Å²) in [5, 5.41) is 15.3. The summed E-state index contributed by atoms with van der Waals surface area (Å²) in [5.74, 6) is -0.175. The van der Waals surface area contributed by atoms with Gasteiger partial charge in [0.1, 0.15) is 6.33 Å². The second kappa shape index (κ2) is 7.34. The van der Waals surface area contributed by atoms with Gasteiger partial charge in [0, 0.05) is 40.0 Å². The van der Waals surface area contributed by atoms with Crippen molar-refractivity contribution in [3.63, 3.8) is 0 Å². The molecule has 1 aromatic rings. The molecule has 0 unspecified atom stereocenters. The van der Waals surface area contributed by atoms with E-state index in [0.717, 1.165) is 0 Å². The number of nitrogens with zero attached hydrogens (tertiary/aromatic N) is 4. The highest BCUT2D eigenvalue weighted by atomic mass is 16.4. The van der Waals surface area contributed by atoms with Gasteiger partial charge in [-0.25, -0.2) is 9.78 Å². The molecule has 0 aromatic carbocycles. The molecule has 19 heavy (non-hydrogen) atoms. The van der Waals surface area contributed by atoms with Crippen molar-refractivity contribution in [2.75, 3.05) is 20.1 Å². The van der Waals surface area contributed by atoms with E-state index in [-0.39, 0.29) is 12.5 Å². The minimum Gasteiger partial charge on any atom is -0.481 e. The quantitative estimate of drug-likeness (QED) is 0.717. The molecule has 0 aliphatic carbocycles. The number of carboxylic acid groups (broad SMARTS) is 1. The maximum atomic E-state index is 11.6. The number of urea groups is 1. The standard InChI is InChI=1S/C11H19N5O3/c1-15(7-3-4-10(17)18)11(19)12-6-5-9-13-8-16(2)14-9/h8H,3-7H2,1-2H3,(H,12,19)(H,17,18). The normalized spacial score (nSPS) is 10.2. The molecule has 0 radical (unpaired) electrons. The number of carboxylic acids is 1. The molecule has 8 heteroatoms. The van der Waals surface area contributed by atoms with E-state index in [1.165, 1.54) is 4.90 Å². The molecule has 0 bridgehead atoms. The van der Waals surface area contributed by atoms with Crippen LogP contribution in [-0.2, 0) is 18.3 Å². The van der Waals surface area contributed by atoms with Gasteiger partial charge in [-0.1, -0.05) is 0 Å². The van der Waals surface area contributed by atoms with E-state index in [1.54, 1.807) is 25.1 Å². The van der Waals surface area contributed by atoms with Gasteiger partial charge in [0.25, 0.3) is 0 Å². The van der Waals surface area contributed by atoms with Crippen LogP contribution in [0.5, 0.6) is 0 Å². The third-order valence-electron chi connectivity index (χ3n) is 2.50. The Morgan fingerprint density at radius 2 is 2.26 bits per heavy atom. The predicted octanol–water partition coefficient (Wildman–Crippen LogP) is -0.136. The summed E-state index contributed by atoms with van der Waals surface area (Å²) in [6, 6.07) is -0.221. The molecule has 1 heterocycles. The van der Waals surface area contributed by atoms with Crippen LogP contribution >= 0.6 is 0 Å². The van der Waals surface area contributed by atoms with Gasteiger partial charge in [-0.15, -0.1) is 0 Å². The topological polar surface area (TPSA) is 100 Å². The van der Waals surface area contributed by atoms with Crippen LogP contribution in [-0.4, -0.2) is 56.9 Å². The van der Waals surface area contributed by atoms with Gasteiger partial charge in [-0.05, 0) is 6.42 Å². The van der Waals surface area contributed by atoms with Gasteiger partial charge in [0.15, 0.2) is 5.82 Å². The van der Waals surface area contributed by atoms with E-state index >= 15 is 0 Å². The molecule has 0 saturated carbocycles. The van der Waals surface area contributed by atoms with Gasteiger partial charge in [-0.3, -0.25) is 9.48 Å². The van der Waals surface area contributed by atoms with Gasteiger partial charge >= 0.3 is 12.0 Å². The molecular weight excluding hydrogens is 250 g/mol. The first kappa shape index (κ1) is 14.9. The van der Waals surface area contributed by atoms with E-state index in [0.29, 0.717) is 31.8 Å². The minimum atomic E-state index is -0.852. The van der Waals surface area contributed by atoms with Crippen molar-refractivity contribution in [1.29, 1.82) is 0 Å². The van der Waals surface area contributed by atoms with Crippen molar-refractivity contribution < 1.29 is 14.7 Å². The summed E-state index contributed by atoms with van der Waals surface area (Å²) >= 11 is 0. The molecular formula is C11H19N5O3. The zero-order valence-corrected chi connectivity index (χ0v) is 11.2. The molecule has 0 saturated heterocycles. The first-order valence-corrected chi connectivity index (χ1v) is 6.04. The van der Waals surface area contributed by atoms with Crippen LogP contribution in [0, 0.1) is 0 Å². The molecule has 0 fully saturated rings. The highest BCUT2D eigenvalue weighted by Gasteiger charge is 2.08. The van der Waals surface area contributed by atoms with Crippen molar-refractivity contribution in [2.24, 2.45) is 7.05 Å². The highest BCUT2D eigenvalue weighted by Crippen LogP contribution is 1.94. The first-order chi connectivity index (χ1) is 8.99. The average molecular weight is 269 g/mol. The monoisotopic (exact) mass is 269 g/mol. The fourth-order valence-corrected chi connectivity index (χ4v) is 1.48. The van der Waals surface area contributed by atoms with Gasteiger partial charge < -0.3 is 15.3 Å². The zero-order chi connectivity index (χ0) is 14.3.